The molecule has 180 valence electrons. The van der Waals surface area contributed by atoms with Gasteiger partial charge in [-0.05, 0) is 49.7 Å². The molecule has 3 rings (SSSR count). The molecule has 0 spiro atoms. The molecule has 34 heavy (non-hydrogen) atoms. The summed E-state index contributed by atoms with van der Waals surface area (Å²) >= 11 is 6.11. The Hall–Kier alpha value is -3.53. The molecule has 7 nitrogen and oxygen atoms in total. The van der Waals surface area contributed by atoms with E-state index in [2.05, 4.69) is 20.7 Å². The standard InChI is InChI=1S/C23H24ClF3N6O/c1-5-33(20-8-6-7-19(28-3)30-20)22(34)21-18(11-15(24)13-29-21)31-32(4)16-10-9-14(2)17(12-16)23(25,26)27/h6-13,31H,5H2,1-4H3,(H,28,30). The molecule has 2 aromatic heterocycles. The van der Waals surface area contributed by atoms with Crippen molar-refractivity contribution >= 4 is 40.5 Å². The van der Waals surface area contributed by atoms with Crippen LogP contribution in [0.1, 0.15) is 28.5 Å². The first-order valence-electron chi connectivity index (χ1n) is 10.4. The van der Waals surface area contributed by atoms with Crippen LogP contribution in [-0.4, -0.2) is 36.5 Å². The first-order valence-corrected chi connectivity index (χ1v) is 10.7. The van der Waals surface area contributed by atoms with Crippen molar-refractivity contribution in [2.75, 3.05) is 41.3 Å². The number of alkyl halides is 3. The zero-order valence-electron chi connectivity index (χ0n) is 19.0. The van der Waals surface area contributed by atoms with Crippen molar-refractivity contribution in [3.63, 3.8) is 0 Å². The summed E-state index contributed by atoms with van der Waals surface area (Å²) in [7, 11) is 3.26. The van der Waals surface area contributed by atoms with Crippen LogP contribution in [0, 0.1) is 6.92 Å². The molecule has 0 aliphatic rings. The lowest BCUT2D eigenvalue weighted by Crippen LogP contribution is -2.34. The van der Waals surface area contributed by atoms with Crippen molar-refractivity contribution in [1.29, 1.82) is 0 Å². The second-order valence-corrected chi connectivity index (χ2v) is 7.83. The van der Waals surface area contributed by atoms with Gasteiger partial charge in [0.2, 0.25) is 0 Å². The smallest absolute Gasteiger partial charge is 0.373 e. The summed E-state index contributed by atoms with van der Waals surface area (Å²) in [6.45, 7) is 3.51. The molecule has 11 heteroatoms. The minimum absolute atomic E-state index is 0.0397. The second-order valence-electron chi connectivity index (χ2n) is 7.40. The van der Waals surface area contributed by atoms with Gasteiger partial charge in [0.15, 0.2) is 5.69 Å². The number of carbonyl (C=O) groups excluding carboxylic acids is 1. The van der Waals surface area contributed by atoms with Gasteiger partial charge >= 0.3 is 6.18 Å². The number of aromatic nitrogens is 2. The highest BCUT2D eigenvalue weighted by atomic mass is 35.5. The lowest BCUT2D eigenvalue weighted by molar-refractivity contribution is -0.138. The van der Waals surface area contributed by atoms with Gasteiger partial charge in [-0.25, -0.2) is 9.97 Å². The number of aryl methyl sites for hydroxylation is 1. The number of benzene rings is 1. The predicted octanol–water partition coefficient (Wildman–Crippen LogP) is 5.63. The molecule has 0 atom stereocenters. The van der Waals surface area contributed by atoms with Gasteiger partial charge in [-0.2, -0.15) is 13.2 Å². The number of pyridine rings is 2. The Morgan fingerprint density at radius 3 is 2.56 bits per heavy atom. The summed E-state index contributed by atoms with van der Waals surface area (Å²) < 4.78 is 40.1. The van der Waals surface area contributed by atoms with Gasteiger partial charge in [-0.1, -0.05) is 23.7 Å². The zero-order valence-corrected chi connectivity index (χ0v) is 19.8. The minimum Gasteiger partial charge on any atom is -0.373 e. The van der Waals surface area contributed by atoms with Gasteiger partial charge in [-0.3, -0.25) is 20.1 Å². The zero-order chi connectivity index (χ0) is 25.0. The molecule has 0 unspecified atom stereocenters. The maximum absolute atomic E-state index is 13.4. The topological polar surface area (TPSA) is 73.4 Å². The molecule has 0 radical (unpaired) electrons. The first-order chi connectivity index (χ1) is 16.0. The molecule has 1 amide bonds. The van der Waals surface area contributed by atoms with E-state index in [-0.39, 0.29) is 27.7 Å². The number of hydrazine groups is 1. The van der Waals surface area contributed by atoms with Gasteiger partial charge in [0.1, 0.15) is 11.6 Å². The van der Waals surface area contributed by atoms with E-state index in [1.54, 1.807) is 38.2 Å². The fourth-order valence-electron chi connectivity index (χ4n) is 3.31. The number of anilines is 4. The van der Waals surface area contributed by atoms with E-state index in [4.69, 9.17) is 11.6 Å². The first kappa shape index (κ1) is 25.1. The van der Waals surface area contributed by atoms with Crippen LogP contribution in [0.15, 0.2) is 48.7 Å². The van der Waals surface area contributed by atoms with Crippen LogP contribution in [0.5, 0.6) is 0 Å². The summed E-state index contributed by atoms with van der Waals surface area (Å²) in [5, 5.41) is 4.55. The van der Waals surface area contributed by atoms with Gasteiger partial charge in [0.05, 0.1) is 22.0 Å². The third-order valence-corrected chi connectivity index (χ3v) is 5.29. The van der Waals surface area contributed by atoms with Crippen molar-refractivity contribution in [2.24, 2.45) is 0 Å². The maximum atomic E-state index is 13.4. The summed E-state index contributed by atoms with van der Waals surface area (Å²) in [5.41, 5.74) is 2.82. The van der Waals surface area contributed by atoms with Gasteiger partial charge in [-0.15, -0.1) is 0 Å². The number of amides is 1. The highest BCUT2D eigenvalue weighted by Crippen LogP contribution is 2.34. The van der Waals surface area contributed by atoms with E-state index >= 15 is 0 Å². The van der Waals surface area contributed by atoms with Crippen molar-refractivity contribution < 1.29 is 18.0 Å². The van der Waals surface area contributed by atoms with Crippen molar-refractivity contribution in [3.05, 3.63) is 70.5 Å². The third-order valence-electron chi connectivity index (χ3n) is 5.09. The summed E-state index contributed by atoms with van der Waals surface area (Å²) in [6.07, 6.45) is -3.16. The van der Waals surface area contributed by atoms with Crippen LogP contribution >= 0.6 is 11.6 Å². The van der Waals surface area contributed by atoms with Crippen LogP contribution < -0.4 is 20.7 Å². The predicted molar refractivity (Wildman–Crippen MR) is 129 cm³/mol. The Kier molecular flexibility index (Phi) is 7.51. The molecular formula is C23H24ClF3N6O. The number of nitrogens with one attached hydrogen (secondary N) is 2. The molecule has 0 bridgehead atoms. The quantitative estimate of drug-likeness (QED) is 0.416. The van der Waals surface area contributed by atoms with E-state index in [1.807, 2.05) is 0 Å². The molecule has 0 fully saturated rings. The minimum atomic E-state index is -4.49. The van der Waals surface area contributed by atoms with Gasteiger partial charge in [0.25, 0.3) is 5.91 Å². The molecule has 0 aliphatic carbocycles. The van der Waals surface area contributed by atoms with Crippen molar-refractivity contribution in [2.45, 2.75) is 20.0 Å². The Balaban J connectivity index is 1.95. The molecule has 2 N–H and O–H groups in total. The molecule has 0 aliphatic heterocycles. The van der Waals surface area contributed by atoms with Crippen LogP contribution in [0.4, 0.5) is 36.2 Å². The average Bonchev–Trinajstić information content (AvgIpc) is 2.79. The Bertz CT molecular complexity index is 1190. The summed E-state index contributed by atoms with van der Waals surface area (Å²) in [6, 6.07) is 10.7. The highest BCUT2D eigenvalue weighted by Gasteiger charge is 2.33. The number of halogens is 4. The van der Waals surface area contributed by atoms with E-state index in [0.717, 1.165) is 6.07 Å². The van der Waals surface area contributed by atoms with Gasteiger partial charge < -0.3 is 5.32 Å². The second kappa shape index (κ2) is 10.2. The Morgan fingerprint density at radius 1 is 1.18 bits per heavy atom. The molecule has 2 heterocycles. The monoisotopic (exact) mass is 492 g/mol. The Morgan fingerprint density at radius 2 is 1.91 bits per heavy atom. The largest absolute Gasteiger partial charge is 0.416 e. The van der Waals surface area contributed by atoms with E-state index in [9.17, 15) is 18.0 Å². The fourth-order valence-corrected chi connectivity index (χ4v) is 3.47. The number of rotatable bonds is 7. The van der Waals surface area contributed by atoms with E-state index in [0.29, 0.717) is 18.2 Å². The Labute approximate surface area is 200 Å². The summed E-state index contributed by atoms with van der Waals surface area (Å²) in [5.74, 6) is 0.560. The SMILES string of the molecule is CCN(C(=O)c1ncc(Cl)cc1NN(C)c1ccc(C)c(C(F)(F)F)c1)c1cccc(NC)n1. The van der Waals surface area contributed by atoms with E-state index < -0.39 is 17.6 Å². The van der Waals surface area contributed by atoms with Crippen LogP contribution in [0.25, 0.3) is 0 Å². The molecular weight excluding hydrogens is 469 g/mol. The van der Waals surface area contributed by atoms with Gasteiger partial charge in [0, 0.05) is 26.8 Å². The normalized spacial score (nSPS) is 11.2. The lowest BCUT2D eigenvalue weighted by Gasteiger charge is -2.26. The number of hydrogen-bond acceptors (Lipinski definition) is 6. The molecule has 0 saturated carbocycles. The molecule has 0 saturated heterocycles. The van der Waals surface area contributed by atoms with Crippen LogP contribution in [0.2, 0.25) is 5.02 Å². The summed E-state index contributed by atoms with van der Waals surface area (Å²) in [4.78, 5) is 23.5. The number of hydrogen-bond donors (Lipinski definition) is 2. The van der Waals surface area contributed by atoms with Crippen molar-refractivity contribution in [1.82, 2.24) is 9.97 Å². The van der Waals surface area contributed by atoms with Crippen molar-refractivity contribution in [3.8, 4) is 0 Å². The van der Waals surface area contributed by atoms with E-state index in [1.165, 1.54) is 42.2 Å². The number of nitrogens with zero attached hydrogens (tertiary/aromatic N) is 4. The highest BCUT2D eigenvalue weighted by molar-refractivity contribution is 6.31. The molecule has 1 aromatic carbocycles. The number of carbonyl (C=O) groups is 1. The fraction of sp³-hybridized carbons (Fsp3) is 0.261. The average molecular weight is 493 g/mol. The maximum Gasteiger partial charge on any atom is 0.416 e. The van der Waals surface area contributed by atoms with Crippen LogP contribution in [-0.2, 0) is 6.18 Å². The van der Waals surface area contributed by atoms with Crippen LogP contribution in [0.3, 0.4) is 0 Å². The third kappa shape index (κ3) is 5.51. The lowest BCUT2D eigenvalue weighted by atomic mass is 10.1. The molecule has 3 aromatic rings.